The number of hydrogen-bond acceptors (Lipinski definition) is 3. The number of methoxy groups -OCH3 is 1. The average Bonchev–Trinajstić information content (AvgIpc) is 2.17. The van der Waals surface area contributed by atoms with Gasteiger partial charge in [0.2, 0.25) is 5.88 Å². The first kappa shape index (κ1) is 11.1. The van der Waals surface area contributed by atoms with E-state index in [1.807, 2.05) is 22.6 Å². The Morgan fingerprint density at radius 3 is 2.71 bits per heavy atom. The van der Waals surface area contributed by atoms with Crippen molar-refractivity contribution in [1.29, 1.82) is 5.26 Å². The van der Waals surface area contributed by atoms with E-state index < -0.39 is 12.1 Å². The first-order valence-electron chi connectivity index (χ1n) is 3.52. The summed E-state index contributed by atoms with van der Waals surface area (Å²) in [5.41, 5.74) is -0.299. The molecule has 0 saturated carbocycles. The van der Waals surface area contributed by atoms with Crippen molar-refractivity contribution in [3.63, 3.8) is 0 Å². The van der Waals surface area contributed by atoms with Gasteiger partial charge in [-0.2, -0.15) is 5.26 Å². The normalized spacial score (nSPS) is 10.0. The Morgan fingerprint density at radius 1 is 1.64 bits per heavy atom. The number of hydrogen-bond donors (Lipinski definition) is 0. The highest BCUT2D eigenvalue weighted by molar-refractivity contribution is 14.1. The maximum absolute atomic E-state index is 12.3. The summed E-state index contributed by atoms with van der Waals surface area (Å²) in [5.74, 6) is 0.0555. The third-order valence-electron chi connectivity index (χ3n) is 1.48. The summed E-state index contributed by atoms with van der Waals surface area (Å²) in [4.78, 5) is 3.57. The van der Waals surface area contributed by atoms with Crippen molar-refractivity contribution in [1.82, 2.24) is 4.98 Å². The Labute approximate surface area is 92.8 Å². The summed E-state index contributed by atoms with van der Waals surface area (Å²) in [5, 5.41) is 8.66. The topological polar surface area (TPSA) is 45.9 Å². The van der Waals surface area contributed by atoms with E-state index in [0.29, 0.717) is 3.57 Å². The molecular formula is C8H5F2IN2O. The molecule has 1 aromatic heterocycles. The van der Waals surface area contributed by atoms with Gasteiger partial charge < -0.3 is 4.74 Å². The van der Waals surface area contributed by atoms with Gasteiger partial charge in [0.15, 0.2) is 0 Å². The molecule has 0 atom stereocenters. The Balaban J connectivity index is 3.34. The van der Waals surface area contributed by atoms with Crippen LogP contribution in [0.15, 0.2) is 6.07 Å². The van der Waals surface area contributed by atoms with E-state index >= 15 is 0 Å². The molecule has 6 heteroatoms. The molecular weight excluding hydrogens is 305 g/mol. The summed E-state index contributed by atoms with van der Waals surface area (Å²) in [6.45, 7) is 0. The lowest BCUT2D eigenvalue weighted by molar-refractivity contribution is 0.145. The van der Waals surface area contributed by atoms with Gasteiger partial charge in [-0.25, -0.2) is 13.8 Å². The monoisotopic (exact) mass is 310 g/mol. The predicted molar refractivity (Wildman–Crippen MR) is 53.2 cm³/mol. The van der Waals surface area contributed by atoms with Gasteiger partial charge in [0.05, 0.1) is 16.2 Å². The number of pyridine rings is 1. The van der Waals surface area contributed by atoms with Gasteiger partial charge in [-0.15, -0.1) is 0 Å². The second-order valence-electron chi connectivity index (χ2n) is 2.33. The van der Waals surface area contributed by atoms with Crippen LogP contribution in [0, 0.1) is 14.9 Å². The number of ether oxygens (including phenoxy) is 1. The minimum absolute atomic E-state index is 0.0555. The molecule has 0 aliphatic carbocycles. The number of rotatable bonds is 2. The van der Waals surface area contributed by atoms with Crippen LogP contribution in [-0.2, 0) is 0 Å². The number of nitrogens with zero attached hydrogens (tertiary/aromatic N) is 2. The first-order valence-corrected chi connectivity index (χ1v) is 4.60. The van der Waals surface area contributed by atoms with Crippen LogP contribution in [0.3, 0.4) is 0 Å². The van der Waals surface area contributed by atoms with E-state index in [9.17, 15) is 8.78 Å². The molecule has 0 N–H and O–H groups in total. The summed E-state index contributed by atoms with van der Waals surface area (Å²) in [6.07, 6.45) is -2.70. The molecule has 0 spiro atoms. The van der Waals surface area contributed by atoms with E-state index in [-0.39, 0.29) is 11.4 Å². The number of halogens is 3. The van der Waals surface area contributed by atoms with E-state index in [1.165, 1.54) is 7.11 Å². The smallest absolute Gasteiger partial charge is 0.280 e. The minimum atomic E-state index is -2.70. The quantitative estimate of drug-likeness (QED) is 0.789. The molecule has 1 aromatic rings. The van der Waals surface area contributed by atoms with Crippen LogP contribution in [0.4, 0.5) is 8.78 Å². The van der Waals surface area contributed by atoms with Crippen molar-refractivity contribution < 1.29 is 13.5 Å². The number of alkyl halides is 2. The third kappa shape index (κ3) is 2.09. The van der Waals surface area contributed by atoms with Crippen LogP contribution in [0.1, 0.15) is 17.7 Å². The van der Waals surface area contributed by atoms with Crippen molar-refractivity contribution in [2.24, 2.45) is 0 Å². The molecule has 1 rings (SSSR count). The van der Waals surface area contributed by atoms with Crippen LogP contribution in [0.5, 0.6) is 5.88 Å². The third-order valence-corrected chi connectivity index (χ3v) is 2.53. The van der Waals surface area contributed by atoms with Gasteiger partial charge >= 0.3 is 0 Å². The van der Waals surface area contributed by atoms with Crippen LogP contribution < -0.4 is 4.74 Å². The van der Waals surface area contributed by atoms with Crippen LogP contribution in [0.2, 0.25) is 0 Å². The van der Waals surface area contributed by atoms with Crippen LogP contribution in [0.25, 0.3) is 0 Å². The zero-order valence-corrected chi connectivity index (χ0v) is 9.25. The van der Waals surface area contributed by atoms with Crippen molar-refractivity contribution in [2.45, 2.75) is 6.43 Å². The minimum Gasteiger partial charge on any atom is -0.480 e. The summed E-state index contributed by atoms with van der Waals surface area (Å²) in [6, 6.07) is 2.87. The number of aromatic nitrogens is 1. The molecule has 0 fully saturated rings. The van der Waals surface area contributed by atoms with Gasteiger partial charge in [-0.1, -0.05) is 0 Å². The molecule has 0 aromatic carbocycles. The molecule has 0 bridgehead atoms. The van der Waals surface area contributed by atoms with Gasteiger partial charge in [0.25, 0.3) is 6.43 Å². The van der Waals surface area contributed by atoms with Crippen molar-refractivity contribution in [3.8, 4) is 11.9 Å². The van der Waals surface area contributed by atoms with E-state index in [2.05, 4.69) is 4.98 Å². The zero-order valence-electron chi connectivity index (χ0n) is 7.09. The van der Waals surface area contributed by atoms with Crippen molar-refractivity contribution >= 4 is 22.6 Å². The summed E-state index contributed by atoms with van der Waals surface area (Å²) in [7, 11) is 1.32. The fraction of sp³-hybridized carbons (Fsp3) is 0.250. The molecule has 0 amide bonds. The fourth-order valence-electron chi connectivity index (χ4n) is 0.853. The van der Waals surface area contributed by atoms with Gasteiger partial charge in [-0.05, 0) is 28.7 Å². The van der Waals surface area contributed by atoms with E-state index in [0.717, 1.165) is 6.07 Å². The zero-order chi connectivity index (χ0) is 10.7. The fourth-order valence-corrected chi connectivity index (χ4v) is 1.47. The van der Waals surface area contributed by atoms with Crippen molar-refractivity contribution in [3.05, 3.63) is 20.9 Å². The molecule has 0 aliphatic rings. The lowest BCUT2D eigenvalue weighted by atomic mass is 10.2. The SMILES string of the molecule is COc1nc(C(F)F)cc(C#N)c1I. The summed E-state index contributed by atoms with van der Waals surface area (Å²) >= 11 is 1.83. The van der Waals surface area contributed by atoms with Crippen LogP contribution >= 0.6 is 22.6 Å². The Kier molecular flexibility index (Phi) is 3.57. The lowest BCUT2D eigenvalue weighted by Crippen LogP contribution is -1.99. The number of nitriles is 1. The largest absolute Gasteiger partial charge is 0.480 e. The molecule has 74 valence electrons. The molecule has 0 unspecified atom stereocenters. The molecule has 1 heterocycles. The van der Waals surface area contributed by atoms with E-state index in [4.69, 9.17) is 10.00 Å². The molecule has 0 radical (unpaired) electrons. The highest BCUT2D eigenvalue weighted by Gasteiger charge is 2.16. The maximum Gasteiger partial charge on any atom is 0.280 e. The molecule has 3 nitrogen and oxygen atoms in total. The predicted octanol–water partition coefficient (Wildman–Crippen LogP) is 2.50. The lowest BCUT2D eigenvalue weighted by Gasteiger charge is -2.06. The van der Waals surface area contributed by atoms with Gasteiger partial charge in [0, 0.05) is 0 Å². The van der Waals surface area contributed by atoms with Crippen molar-refractivity contribution in [2.75, 3.05) is 7.11 Å². The second-order valence-corrected chi connectivity index (χ2v) is 3.41. The molecule has 0 aliphatic heterocycles. The Bertz CT molecular complexity index is 390. The van der Waals surface area contributed by atoms with Gasteiger partial charge in [0.1, 0.15) is 11.8 Å². The highest BCUT2D eigenvalue weighted by atomic mass is 127. The Hall–Kier alpha value is -0.970. The Morgan fingerprint density at radius 2 is 2.29 bits per heavy atom. The van der Waals surface area contributed by atoms with Gasteiger partial charge in [-0.3, -0.25) is 0 Å². The second kappa shape index (κ2) is 4.50. The maximum atomic E-state index is 12.3. The standard InChI is InChI=1S/C8H5F2IN2O/c1-14-8-6(11)4(3-12)2-5(13-8)7(9)10/h2,7H,1H3. The highest BCUT2D eigenvalue weighted by Crippen LogP contribution is 2.26. The van der Waals surface area contributed by atoms with Crippen LogP contribution in [-0.4, -0.2) is 12.1 Å². The molecule has 14 heavy (non-hydrogen) atoms. The van der Waals surface area contributed by atoms with E-state index in [1.54, 1.807) is 6.07 Å². The average molecular weight is 310 g/mol. The molecule has 0 saturated heterocycles. The summed E-state index contributed by atoms with van der Waals surface area (Å²) < 4.78 is 29.8. The first-order chi connectivity index (χ1) is 6.60.